The van der Waals surface area contributed by atoms with Crippen molar-refractivity contribution >= 4 is 11.6 Å². The van der Waals surface area contributed by atoms with Gasteiger partial charge in [0.05, 0.1) is 0 Å². The van der Waals surface area contributed by atoms with Gasteiger partial charge in [-0.2, -0.15) is 0 Å². The zero-order valence-electron chi connectivity index (χ0n) is 10.3. The molecular weight excluding hydrogens is 212 g/mol. The van der Waals surface area contributed by atoms with E-state index in [1.807, 2.05) is 13.0 Å². The number of amides is 1. The maximum absolute atomic E-state index is 11.7. The van der Waals surface area contributed by atoms with Crippen molar-refractivity contribution in [3.63, 3.8) is 0 Å². The third-order valence-electron chi connectivity index (χ3n) is 3.21. The highest BCUT2D eigenvalue weighted by atomic mass is 16.1. The Balaban J connectivity index is 1.92. The lowest BCUT2D eigenvalue weighted by molar-refractivity contribution is -0.116. The van der Waals surface area contributed by atoms with Crippen LogP contribution in [-0.2, 0) is 17.6 Å². The van der Waals surface area contributed by atoms with Crippen molar-refractivity contribution in [2.45, 2.75) is 45.1 Å². The van der Waals surface area contributed by atoms with Crippen molar-refractivity contribution in [1.29, 1.82) is 0 Å². The Labute approximate surface area is 102 Å². The maximum atomic E-state index is 11.7. The molecule has 1 aromatic carbocycles. The number of nitrogens with two attached hydrogens (primary N) is 1. The van der Waals surface area contributed by atoms with E-state index in [-0.39, 0.29) is 11.9 Å². The lowest BCUT2D eigenvalue weighted by Crippen LogP contribution is -2.19. The van der Waals surface area contributed by atoms with Gasteiger partial charge in [-0.3, -0.25) is 4.79 Å². The number of fused-ring (bicyclic) bond motifs is 1. The van der Waals surface area contributed by atoms with Gasteiger partial charge in [0.25, 0.3) is 0 Å². The Kier molecular flexibility index (Phi) is 3.79. The first-order valence-electron chi connectivity index (χ1n) is 6.32. The molecule has 1 unspecified atom stereocenters. The predicted molar refractivity (Wildman–Crippen MR) is 70.0 cm³/mol. The molecule has 3 nitrogen and oxygen atoms in total. The normalized spacial score (nSPS) is 15.4. The molecule has 17 heavy (non-hydrogen) atoms. The molecule has 3 heteroatoms. The molecule has 0 saturated heterocycles. The minimum absolute atomic E-state index is 0.0558. The molecule has 1 amide bonds. The van der Waals surface area contributed by atoms with Crippen molar-refractivity contribution in [3.8, 4) is 0 Å². The van der Waals surface area contributed by atoms with Gasteiger partial charge in [-0.15, -0.1) is 0 Å². The second-order valence-electron chi connectivity index (χ2n) is 4.90. The van der Waals surface area contributed by atoms with Crippen LogP contribution in [0, 0.1) is 0 Å². The SMILES string of the molecule is CC(N)CCC(=O)Nc1ccc2c(c1)CCC2. The van der Waals surface area contributed by atoms with Gasteiger partial charge in [0.1, 0.15) is 0 Å². The van der Waals surface area contributed by atoms with Crippen molar-refractivity contribution in [2.24, 2.45) is 5.73 Å². The molecule has 0 radical (unpaired) electrons. The van der Waals surface area contributed by atoms with Gasteiger partial charge >= 0.3 is 0 Å². The van der Waals surface area contributed by atoms with E-state index in [1.54, 1.807) is 0 Å². The van der Waals surface area contributed by atoms with Crippen LogP contribution in [-0.4, -0.2) is 11.9 Å². The molecule has 2 rings (SSSR count). The number of carbonyl (C=O) groups excluding carboxylic acids is 1. The van der Waals surface area contributed by atoms with E-state index in [2.05, 4.69) is 17.4 Å². The van der Waals surface area contributed by atoms with E-state index in [0.29, 0.717) is 6.42 Å². The molecule has 92 valence electrons. The van der Waals surface area contributed by atoms with E-state index in [9.17, 15) is 4.79 Å². The second-order valence-corrected chi connectivity index (χ2v) is 4.90. The summed E-state index contributed by atoms with van der Waals surface area (Å²) in [5, 5.41) is 2.93. The molecule has 1 aromatic rings. The van der Waals surface area contributed by atoms with Crippen LogP contribution in [0.3, 0.4) is 0 Å². The summed E-state index contributed by atoms with van der Waals surface area (Å²) in [5.74, 6) is 0.0558. The molecule has 1 atom stereocenters. The molecule has 0 aromatic heterocycles. The zero-order valence-corrected chi connectivity index (χ0v) is 10.3. The van der Waals surface area contributed by atoms with Crippen LogP contribution >= 0.6 is 0 Å². The Bertz CT molecular complexity index is 413. The van der Waals surface area contributed by atoms with Crippen molar-refractivity contribution < 1.29 is 4.79 Å². The number of hydrogen-bond acceptors (Lipinski definition) is 2. The molecule has 1 aliphatic carbocycles. The van der Waals surface area contributed by atoms with Crippen LogP contribution in [0.1, 0.15) is 37.3 Å². The average molecular weight is 232 g/mol. The van der Waals surface area contributed by atoms with E-state index in [0.717, 1.165) is 18.5 Å². The lowest BCUT2D eigenvalue weighted by atomic mass is 10.1. The smallest absolute Gasteiger partial charge is 0.224 e. The van der Waals surface area contributed by atoms with Crippen LogP contribution in [0.15, 0.2) is 18.2 Å². The van der Waals surface area contributed by atoms with Crippen LogP contribution in [0.5, 0.6) is 0 Å². The first-order chi connectivity index (χ1) is 8.15. The molecular formula is C14H20N2O. The largest absolute Gasteiger partial charge is 0.328 e. The second kappa shape index (κ2) is 5.32. The summed E-state index contributed by atoms with van der Waals surface area (Å²) >= 11 is 0. The van der Waals surface area contributed by atoms with Gasteiger partial charge in [-0.05, 0) is 55.9 Å². The molecule has 0 bridgehead atoms. The molecule has 0 spiro atoms. The predicted octanol–water partition coefficient (Wildman–Crippen LogP) is 2.24. The quantitative estimate of drug-likeness (QED) is 0.836. The number of nitrogens with one attached hydrogen (secondary N) is 1. The van der Waals surface area contributed by atoms with Gasteiger partial charge in [0, 0.05) is 18.2 Å². The molecule has 0 saturated carbocycles. The minimum atomic E-state index is 0.0558. The first kappa shape index (κ1) is 12.1. The van der Waals surface area contributed by atoms with Crippen LogP contribution in [0.2, 0.25) is 0 Å². The van der Waals surface area contributed by atoms with Gasteiger partial charge in [-0.25, -0.2) is 0 Å². The first-order valence-corrected chi connectivity index (χ1v) is 6.32. The topological polar surface area (TPSA) is 55.1 Å². The summed E-state index contributed by atoms with van der Waals surface area (Å²) in [6.07, 6.45) is 4.77. The number of aryl methyl sites for hydroxylation is 2. The van der Waals surface area contributed by atoms with Crippen LogP contribution in [0.25, 0.3) is 0 Å². The summed E-state index contributed by atoms with van der Waals surface area (Å²) in [6.45, 7) is 1.92. The monoisotopic (exact) mass is 232 g/mol. The van der Waals surface area contributed by atoms with Crippen molar-refractivity contribution in [1.82, 2.24) is 0 Å². The molecule has 0 fully saturated rings. The highest BCUT2D eigenvalue weighted by Crippen LogP contribution is 2.24. The van der Waals surface area contributed by atoms with Crippen LogP contribution in [0.4, 0.5) is 5.69 Å². The Morgan fingerprint density at radius 1 is 1.41 bits per heavy atom. The third kappa shape index (κ3) is 3.30. The number of rotatable bonds is 4. The standard InChI is InChI=1S/C14H20N2O/c1-10(15)5-8-14(17)16-13-7-6-11-3-2-4-12(11)9-13/h6-7,9-10H,2-5,8,15H2,1H3,(H,16,17). The average Bonchev–Trinajstić information content (AvgIpc) is 2.73. The fraction of sp³-hybridized carbons (Fsp3) is 0.500. The van der Waals surface area contributed by atoms with Gasteiger partial charge < -0.3 is 11.1 Å². The number of anilines is 1. The Morgan fingerprint density at radius 3 is 2.94 bits per heavy atom. The van der Waals surface area contributed by atoms with Crippen molar-refractivity contribution in [2.75, 3.05) is 5.32 Å². The van der Waals surface area contributed by atoms with Gasteiger partial charge in [0.2, 0.25) is 5.91 Å². The van der Waals surface area contributed by atoms with Crippen LogP contribution < -0.4 is 11.1 Å². The van der Waals surface area contributed by atoms with Gasteiger partial charge in [-0.1, -0.05) is 6.07 Å². The van der Waals surface area contributed by atoms with E-state index >= 15 is 0 Å². The third-order valence-corrected chi connectivity index (χ3v) is 3.21. The summed E-state index contributed by atoms with van der Waals surface area (Å²) in [4.78, 5) is 11.7. The Hall–Kier alpha value is -1.35. The highest BCUT2D eigenvalue weighted by molar-refractivity contribution is 5.90. The molecule has 1 aliphatic rings. The van der Waals surface area contributed by atoms with E-state index < -0.39 is 0 Å². The fourth-order valence-corrected chi connectivity index (χ4v) is 2.23. The molecule has 0 heterocycles. The Morgan fingerprint density at radius 2 is 2.18 bits per heavy atom. The van der Waals surface area contributed by atoms with E-state index in [4.69, 9.17) is 5.73 Å². The minimum Gasteiger partial charge on any atom is -0.328 e. The fourth-order valence-electron chi connectivity index (χ4n) is 2.23. The number of benzene rings is 1. The van der Waals surface area contributed by atoms with E-state index in [1.165, 1.54) is 24.0 Å². The summed E-state index contributed by atoms with van der Waals surface area (Å²) in [6, 6.07) is 6.31. The van der Waals surface area contributed by atoms with Gasteiger partial charge in [0.15, 0.2) is 0 Å². The summed E-state index contributed by atoms with van der Waals surface area (Å²) in [7, 11) is 0. The molecule has 0 aliphatic heterocycles. The summed E-state index contributed by atoms with van der Waals surface area (Å²) in [5.41, 5.74) is 9.36. The number of hydrogen-bond donors (Lipinski definition) is 2. The summed E-state index contributed by atoms with van der Waals surface area (Å²) < 4.78 is 0. The molecule has 3 N–H and O–H groups in total. The van der Waals surface area contributed by atoms with Crippen molar-refractivity contribution in [3.05, 3.63) is 29.3 Å². The maximum Gasteiger partial charge on any atom is 0.224 e. The highest BCUT2D eigenvalue weighted by Gasteiger charge is 2.11. The lowest BCUT2D eigenvalue weighted by Gasteiger charge is -2.08. The number of carbonyl (C=O) groups is 1. The zero-order chi connectivity index (χ0) is 12.3.